The summed E-state index contributed by atoms with van der Waals surface area (Å²) in [5, 5.41) is 21.2. The zero-order chi connectivity index (χ0) is 18.3. The molecule has 0 saturated heterocycles. The number of aliphatic carboxylic acids is 2. The Bertz CT molecular complexity index is 373. The fraction of sp³-hybridized carbons (Fsp3) is 0.733. The largest absolute Gasteiger partial charge is 0.481 e. The molecule has 4 N–H and O–H groups in total. The van der Waals surface area contributed by atoms with Crippen LogP contribution in [-0.4, -0.2) is 46.6 Å². The van der Waals surface area contributed by atoms with Crippen LogP contribution in [0.15, 0.2) is 0 Å². The molecular weight excluding hydrogens is 304 g/mol. The fourth-order valence-corrected chi connectivity index (χ4v) is 1.47. The molecule has 2 amide bonds. The van der Waals surface area contributed by atoms with Crippen LogP contribution in [-0.2, 0) is 14.4 Å². The van der Waals surface area contributed by atoms with Crippen LogP contribution in [0.25, 0.3) is 0 Å². The minimum atomic E-state index is -1.12. The third-order valence-corrected chi connectivity index (χ3v) is 2.78. The first-order chi connectivity index (χ1) is 10.8. The molecule has 0 rings (SSSR count). The SMILES string of the molecule is CCCC(=O)O.CCCCC[C@@H](C=O)NC(=O)N[C@@H](C)C(=O)O. The molecule has 2 atom stereocenters. The Kier molecular flexibility index (Phi) is 14.9. The summed E-state index contributed by atoms with van der Waals surface area (Å²) in [7, 11) is 0. The number of carboxylic acid groups (broad SMARTS) is 2. The van der Waals surface area contributed by atoms with Crippen LogP contribution in [0.4, 0.5) is 4.79 Å². The van der Waals surface area contributed by atoms with Crippen LogP contribution in [0.2, 0.25) is 0 Å². The lowest BCUT2D eigenvalue weighted by molar-refractivity contribution is -0.139. The number of amides is 2. The highest BCUT2D eigenvalue weighted by molar-refractivity contribution is 5.83. The number of carbonyl (C=O) groups is 4. The number of carbonyl (C=O) groups excluding carboxylic acids is 2. The smallest absolute Gasteiger partial charge is 0.325 e. The first-order valence-corrected chi connectivity index (χ1v) is 7.75. The van der Waals surface area contributed by atoms with Gasteiger partial charge >= 0.3 is 18.0 Å². The summed E-state index contributed by atoms with van der Waals surface area (Å²) >= 11 is 0. The van der Waals surface area contributed by atoms with E-state index >= 15 is 0 Å². The van der Waals surface area contributed by atoms with Crippen molar-refractivity contribution in [3.63, 3.8) is 0 Å². The molecule has 134 valence electrons. The summed E-state index contributed by atoms with van der Waals surface area (Å²) in [5.74, 6) is -1.83. The fourth-order valence-electron chi connectivity index (χ4n) is 1.47. The summed E-state index contributed by atoms with van der Waals surface area (Å²) in [5.41, 5.74) is 0. The Labute approximate surface area is 136 Å². The predicted octanol–water partition coefficient (Wildman–Crippen LogP) is 1.78. The van der Waals surface area contributed by atoms with E-state index < -0.39 is 30.1 Å². The number of urea groups is 1. The number of hydrogen-bond acceptors (Lipinski definition) is 4. The van der Waals surface area contributed by atoms with Crippen molar-refractivity contribution < 1.29 is 29.4 Å². The van der Waals surface area contributed by atoms with Crippen molar-refractivity contribution in [2.24, 2.45) is 0 Å². The quantitative estimate of drug-likeness (QED) is 0.356. The maximum absolute atomic E-state index is 11.3. The highest BCUT2D eigenvalue weighted by atomic mass is 16.4. The number of aldehydes is 1. The van der Waals surface area contributed by atoms with Crippen LogP contribution in [0.3, 0.4) is 0 Å². The number of unbranched alkanes of at least 4 members (excludes halogenated alkanes) is 2. The molecule has 0 aromatic heterocycles. The summed E-state index contributed by atoms with van der Waals surface area (Å²) in [6.45, 7) is 5.24. The summed E-state index contributed by atoms with van der Waals surface area (Å²) in [6.07, 6.45) is 5.16. The summed E-state index contributed by atoms with van der Waals surface area (Å²) in [6, 6.07) is -2.16. The van der Waals surface area contributed by atoms with Gasteiger partial charge in [0.05, 0.1) is 6.04 Å². The summed E-state index contributed by atoms with van der Waals surface area (Å²) < 4.78 is 0. The number of carboxylic acids is 2. The maximum Gasteiger partial charge on any atom is 0.325 e. The van der Waals surface area contributed by atoms with Crippen molar-refractivity contribution in [3.8, 4) is 0 Å². The van der Waals surface area contributed by atoms with Crippen molar-refractivity contribution in [2.45, 2.75) is 71.4 Å². The van der Waals surface area contributed by atoms with Gasteiger partial charge in [0.1, 0.15) is 12.3 Å². The van der Waals surface area contributed by atoms with E-state index in [9.17, 15) is 19.2 Å². The zero-order valence-electron chi connectivity index (χ0n) is 14.0. The zero-order valence-corrected chi connectivity index (χ0v) is 14.0. The minimum absolute atomic E-state index is 0.292. The van der Waals surface area contributed by atoms with Gasteiger partial charge < -0.3 is 25.6 Å². The lowest BCUT2D eigenvalue weighted by Crippen LogP contribution is -2.48. The molecule has 8 heteroatoms. The Morgan fingerprint density at radius 3 is 2.00 bits per heavy atom. The van der Waals surface area contributed by atoms with Gasteiger partial charge in [-0.2, -0.15) is 0 Å². The standard InChI is InChI=1S/C11H20N2O4.C4H8O2/c1-3-4-5-6-9(7-14)13-11(17)12-8(2)10(15)16;1-2-3-4(5)6/h7-9H,3-6H2,1-2H3,(H,15,16)(H2,12,13,17);2-3H2,1H3,(H,5,6)/t8-,9-;/m0./s1. The van der Waals surface area contributed by atoms with Gasteiger partial charge in [0.2, 0.25) is 0 Å². The second-order valence-corrected chi connectivity index (χ2v) is 5.06. The third kappa shape index (κ3) is 16.1. The van der Waals surface area contributed by atoms with Gasteiger partial charge in [-0.25, -0.2) is 4.79 Å². The van der Waals surface area contributed by atoms with Crippen molar-refractivity contribution >= 4 is 24.3 Å². The van der Waals surface area contributed by atoms with Gasteiger partial charge in [-0.3, -0.25) is 9.59 Å². The normalized spacial score (nSPS) is 12.1. The molecule has 0 aliphatic carbocycles. The lowest BCUT2D eigenvalue weighted by Gasteiger charge is -2.15. The molecule has 0 bridgehead atoms. The summed E-state index contributed by atoms with van der Waals surface area (Å²) in [4.78, 5) is 42.1. The maximum atomic E-state index is 11.3. The van der Waals surface area contributed by atoms with E-state index in [0.29, 0.717) is 19.1 Å². The Morgan fingerprint density at radius 1 is 1.04 bits per heavy atom. The molecular formula is C15H28N2O6. The second-order valence-electron chi connectivity index (χ2n) is 5.06. The van der Waals surface area contributed by atoms with Crippen molar-refractivity contribution in [1.82, 2.24) is 10.6 Å². The molecule has 0 aromatic rings. The van der Waals surface area contributed by atoms with Gasteiger partial charge in [0.15, 0.2) is 0 Å². The van der Waals surface area contributed by atoms with Crippen LogP contribution < -0.4 is 10.6 Å². The minimum Gasteiger partial charge on any atom is -0.481 e. The molecule has 23 heavy (non-hydrogen) atoms. The van der Waals surface area contributed by atoms with E-state index in [0.717, 1.165) is 25.7 Å². The van der Waals surface area contributed by atoms with Gasteiger partial charge in [-0.15, -0.1) is 0 Å². The van der Waals surface area contributed by atoms with Gasteiger partial charge in [-0.05, 0) is 19.8 Å². The molecule has 0 aliphatic rings. The number of nitrogens with one attached hydrogen (secondary N) is 2. The van der Waals surface area contributed by atoms with Crippen LogP contribution >= 0.6 is 0 Å². The Morgan fingerprint density at radius 2 is 1.65 bits per heavy atom. The molecule has 0 aliphatic heterocycles. The van der Waals surface area contributed by atoms with E-state index in [4.69, 9.17) is 10.2 Å². The molecule has 0 saturated carbocycles. The molecule has 0 unspecified atom stereocenters. The Balaban J connectivity index is 0. The molecule has 0 aromatic carbocycles. The van der Waals surface area contributed by atoms with E-state index in [2.05, 4.69) is 10.6 Å². The van der Waals surface area contributed by atoms with Gasteiger partial charge in [0, 0.05) is 6.42 Å². The third-order valence-electron chi connectivity index (χ3n) is 2.78. The van der Waals surface area contributed by atoms with Gasteiger partial charge in [-0.1, -0.05) is 33.1 Å². The van der Waals surface area contributed by atoms with Crippen molar-refractivity contribution in [2.75, 3.05) is 0 Å². The van der Waals surface area contributed by atoms with Crippen LogP contribution in [0.1, 0.15) is 59.3 Å². The number of rotatable bonds is 10. The molecule has 0 fully saturated rings. The molecule has 0 radical (unpaired) electrons. The van der Waals surface area contributed by atoms with Crippen LogP contribution in [0, 0.1) is 0 Å². The highest BCUT2D eigenvalue weighted by Gasteiger charge is 2.16. The highest BCUT2D eigenvalue weighted by Crippen LogP contribution is 2.01. The van der Waals surface area contributed by atoms with E-state index in [1.807, 2.05) is 13.8 Å². The average molecular weight is 332 g/mol. The van der Waals surface area contributed by atoms with Crippen LogP contribution in [0.5, 0.6) is 0 Å². The molecule has 8 nitrogen and oxygen atoms in total. The monoisotopic (exact) mass is 332 g/mol. The van der Waals surface area contributed by atoms with E-state index in [1.165, 1.54) is 6.92 Å². The van der Waals surface area contributed by atoms with E-state index in [-0.39, 0.29) is 0 Å². The van der Waals surface area contributed by atoms with Crippen molar-refractivity contribution in [1.29, 1.82) is 0 Å². The Hall–Kier alpha value is -2.12. The first-order valence-electron chi connectivity index (χ1n) is 7.75. The topological polar surface area (TPSA) is 133 Å². The average Bonchev–Trinajstić information content (AvgIpc) is 2.46. The van der Waals surface area contributed by atoms with Gasteiger partial charge in [0.25, 0.3) is 0 Å². The van der Waals surface area contributed by atoms with Crippen molar-refractivity contribution in [3.05, 3.63) is 0 Å². The first kappa shape index (κ1) is 23.2. The lowest BCUT2D eigenvalue weighted by atomic mass is 10.1. The molecule has 0 heterocycles. The number of hydrogen-bond donors (Lipinski definition) is 4. The molecule has 0 spiro atoms. The second kappa shape index (κ2) is 14.8. The predicted molar refractivity (Wildman–Crippen MR) is 85.3 cm³/mol. The van der Waals surface area contributed by atoms with E-state index in [1.54, 1.807) is 0 Å².